The topological polar surface area (TPSA) is 371 Å². The van der Waals surface area contributed by atoms with Gasteiger partial charge in [0.05, 0.1) is 44.1 Å². The summed E-state index contributed by atoms with van der Waals surface area (Å²) in [4.78, 5) is 13.8. The number of carbonyl (C=O) groups excluding carboxylic acids is 1. The van der Waals surface area contributed by atoms with Gasteiger partial charge in [-0.05, 0) is 75.0 Å². The van der Waals surface area contributed by atoms with Crippen molar-refractivity contribution in [3.05, 3.63) is 23.8 Å². The van der Waals surface area contributed by atoms with Crippen LogP contribution in [0.3, 0.4) is 0 Å². The molecule has 6 saturated heterocycles. The molecular weight excluding hydrogens is 1050 g/mol. The third kappa shape index (κ3) is 9.72. The number of aliphatic hydroxyl groups is 12. The van der Waals surface area contributed by atoms with Crippen LogP contribution in [0.15, 0.2) is 23.8 Å². The first-order valence-electron chi connectivity index (χ1n) is 27.9. The lowest BCUT2D eigenvalue weighted by Crippen LogP contribution is -2.68. The summed E-state index contributed by atoms with van der Waals surface area (Å²) < 4.78 is 72.2. The van der Waals surface area contributed by atoms with Gasteiger partial charge in [0.15, 0.2) is 31.5 Å². The van der Waals surface area contributed by atoms with Gasteiger partial charge < -0.3 is 118 Å². The zero-order chi connectivity index (χ0) is 57.2. The van der Waals surface area contributed by atoms with E-state index in [9.17, 15) is 66.1 Å². The number of esters is 1. The fourth-order valence-corrected chi connectivity index (χ4v) is 16.2. The van der Waals surface area contributed by atoms with E-state index in [0.717, 1.165) is 24.8 Å². The second-order valence-corrected chi connectivity index (χ2v) is 25.0. The highest BCUT2D eigenvalue weighted by atomic mass is 16.8. The van der Waals surface area contributed by atoms with Gasteiger partial charge in [-0.1, -0.05) is 51.5 Å². The van der Waals surface area contributed by atoms with Crippen molar-refractivity contribution in [1.82, 2.24) is 0 Å². The molecule has 4 aliphatic carbocycles. The predicted molar refractivity (Wildman–Crippen MR) is 264 cm³/mol. The van der Waals surface area contributed by atoms with Crippen LogP contribution in [0.2, 0.25) is 0 Å². The third-order valence-electron chi connectivity index (χ3n) is 20.3. The molecular formula is C54H84O25. The number of aliphatic hydroxyl groups excluding tert-OH is 12. The average Bonchev–Trinajstić information content (AvgIpc) is 4.00. The predicted octanol–water partition coefficient (Wildman–Crippen LogP) is -2.88. The number of ether oxygens (including phenoxy) is 12. The van der Waals surface area contributed by atoms with Crippen LogP contribution in [-0.4, -0.2) is 254 Å². The molecule has 0 aromatic rings. The first-order chi connectivity index (χ1) is 37.3. The molecule has 79 heavy (non-hydrogen) atoms. The summed E-state index contributed by atoms with van der Waals surface area (Å²) in [7, 11) is 1.24. The molecule has 9 fully saturated rings. The number of fused-ring (bicyclic) bond motifs is 5. The molecule has 12 N–H and O–H groups in total. The normalized spacial score (nSPS) is 54.3. The summed E-state index contributed by atoms with van der Waals surface area (Å²) in [5.41, 5.74) is 0.565. The number of rotatable bonds is 14. The van der Waals surface area contributed by atoms with Gasteiger partial charge in [-0.3, -0.25) is 4.79 Å². The first kappa shape index (κ1) is 60.2. The van der Waals surface area contributed by atoms with Crippen molar-refractivity contribution >= 4 is 5.97 Å². The van der Waals surface area contributed by atoms with Crippen LogP contribution in [0.1, 0.15) is 80.1 Å². The molecule has 0 aromatic carbocycles. The fourth-order valence-electron chi connectivity index (χ4n) is 16.2. The second-order valence-electron chi connectivity index (χ2n) is 25.0. The Morgan fingerprint density at radius 2 is 1.24 bits per heavy atom. The first-order valence-corrected chi connectivity index (χ1v) is 27.9. The summed E-state index contributed by atoms with van der Waals surface area (Å²) in [6.07, 6.45) is -32.1. The summed E-state index contributed by atoms with van der Waals surface area (Å²) in [6.45, 7) is 14.3. The van der Waals surface area contributed by atoms with E-state index in [1.165, 1.54) is 19.6 Å². The van der Waals surface area contributed by atoms with Gasteiger partial charge in [0, 0.05) is 18.4 Å². The number of allylic oxidation sites excluding steroid dienone is 2. The van der Waals surface area contributed by atoms with Crippen molar-refractivity contribution in [2.24, 2.45) is 39.4 Å². The Labute approximate surface area is 458 Å². The molecule has 6 aliphatic heterocycles. The molecule has 0 amide bonds. The van der Waals surface area contributed by atoms with Gasteiger partial charge in [0.1, 0.15) is 110 Å². The van der Waals surface area contributed by atoms with Gasteiger partial charge in [-0.2, -0.15) is 0 Å². The molecule has 10 aliphatic rings. The van der Waals surface area contributed by atoms with Crippen LogP contribution in [0.25, 0.3) is 0 Å². The lowest BCUT2D eigenvalue weighted by atomic mass is 9.40. The van der Waals surface area contributed by atoms with Crippen LogP contribution < -0.4 is 0 Å². The largest absolute Gasteiger partial charge is 0.461 e. The van der Waals surface area contributed by atoms with E-state index in [4.69, 9.17) is 56.8 Å². The second kappa shape index (κ2) is 22.5. The minimum absolute atomic E-state index is 0.0365. The van der Waals surface area contributed by atoms with E-state index in [-0.39, 0.29) is 53.9 Å². The Kier molecular flexibility index (Phi) is 17.1. The van der Waals surface area contributed by atoms with E-state index in [0.29, 0.717) is 19.3 Å². The van der Waals surface area contributed by atoms with Crippen molar-refractivity contribution in [3.63, 3.8) is 0 Å². The van der Waals surface area contributed by atoms with E-state index >= 15 is 0 Å². The summed E-state index contributed by atoms with van der Waals surface area (Å²) in [5.74, 6) is 0.129. The molecule has 25 heteroatoms. The maximum absolute atomic E-state index is 13.8. The van der Waals surface area contributed by atoms with Gasteiger partial charge >= 0.3 is 5.97 Å². The molecule has 0 radical (unpaired) electrons. The summed E-state index contributed by atoms with van der Waals surface area (Å²) >= 11 is 0. The Morgan fingerprint density at radius 1 is 0.646 bits per heavy atom. The molecule has 6 heterocycles. The van der Waals surface area contributed by atoms with Crippen LogP contribution in [0, 0.1) is 39.4 Å². The molecule has 10 rings (SSSR count). The lowest BCUT2D eigenvalue weighted by Gasteiger charge is -2.64. The van der Waals surface area contributed by atoms with Crippen molar-refractivity contribution in [2.75, 3.05) is 33.5 Å². The molecule has 25 nitrogen and oxygen atoms in total. The quantitative estimate of drug-likeness (QED) is 0.0614. The maximum atomic E-state index is 13.8. The fraction of sp³-hybridized carbons (Fsp3) is 0.907. The minimum Gasteiger partial charge on any atom is -0.461 e. The number of methoxy groups -OCH3 is 1. The molecule has 2 bridgehead atoms. The van der Waals surface area contributed by atoms with Crippen molar-refractivity contribution in [2.45, 2.75) is 234 Å². The standard InChI is InChI=1S/C54H84O25/c1-20(2)31-26-15-53(7)23-9-10-29-51(4,5)30(12-13-52(29,6)22(23)11-14-54(31,53)50(67)74-26)75-48-43(32(59)24(57)18-70-48)79-49-44(78-46-36(63)35(62)33(60)27(16-55)72-46)37(64)40(21(3)71-49)76-47-39(66)42(34(61)28(17-56)73-47)77-45-38(65)41(68-8)25(58)19-69-45/h9,21-22,24-49,55-66H,1,10-19H2,2-8H3/t21-,22+,24-,25-,26-,27-,28-,29+,30+,31+,32+,33-,34-,35+,36-,37+,38-,39-,40-,41+,42+,43-,44-,45+,46+,47+,48+,49+,52-,53+,54-/m1/s1. The van der Waals surface area contributed by atoms with E-state index < -0.39 is 171 Å². The highest BCUT2D eigenvalue weighted by Crippen LogP contribution is 2.76. The maximum Gasteiger partial charge on any atom is 0.314 e. The van der Waals surface area contributed by atoms with Crippen LogP contribution in [0.4, 0.5) is 0 Å². The van der Waals surface area contributed by atoms with Gasteiger partial charge in [-0.25, -0.2) is 0 Å². The Bertz CT molecular complexity index is 2220. The Morgan fingerprint density at radius 3 is 1.91 bits per heavy atom. The average molecular weight is 1130 g/mol. The van der Waals surface area contributed by atoms with Gasteiger partial charge in [0.2, 0.25) is 0 Å². The SMILES string of the molecule is C=C(C)[C@H]1[C@H]2C[C@@]3(C)C4=CC[C@H]5C(C)(C)[C@@H](O[C@@H]6OC[C@@H](O)[C@H](O)[C@H]6O[C@@H]6O[C@H](C)[C@@H](O[C@@H]7O[C@H](CO)[C@@H](O)[C@H](O[C@@H]8OC[C@@H](O)[C@H](OC)[C@H]8O)[C@H]7O)[C@H](O)[C@H]6O[C@@H]6O[C@H](CO)[C@@H](O)[C@H](O)[C@H]6O)CC[C@]5(C)[C@H]4CC[C@]13C(=O)O2. The van der Waals surface area contributed by atoms with E-state index in [1.807, 2.05) is 6.92 Å². The summed E-state index contributed by atoms with van der Waals surface area (Å²) in [5, 5.41) is 132. The molecule has 0 unspecified atom stereocenters. The lowest BCUT2D eigenvalue weighted by molar-refractivity contribution is -0.405. The summed E-state index contributed by atoms with van der Waals surface area (Å²) in [6, 6.07) is 0. The molecule has 3 saturated carbocycles. The van der Waals surface area contributed by atoms with E-state index in [1.54, 1.807) is 0 Å². The van der Waals surface area contributed by atoms with Crippen LogP contribution in [0.5, 0.6) is 0 Å². The third-order valence-corrected chi connectivity index (χ3v) is 20.3. The minimum atomic E-state index is -2.00. The molecule has 0 aromatic heterocycles. The number of carbonyl (C=O) groups is 1. The Hall–Kier alpha value is -1.97. The smallest absolute Gasteiger partial charge is 0.314 e. The number of hydrogen-bond acceptors (Lipinski definition) is 25. The van der Waals surface area contributed by atoms with Crippen LogP contribution in [-0.2, 0) is 61.6 Å². The zero-order valence-electron chi connectivity index (χ0n) is 45.7. The van der Waals surface area contributed by atoms with Crippen LogP contribution >= 0.6 is 0 Å². The number of hydrogen-bond donors (Lipinski definition) is 12. The highest BCUT2D eigenvalue weighted by molar-refractivity contribution is 5.84. The monoisotopic (exact) mass is 1130 g/mol. The van der Waals surface area contributed by atoms with Crippen molar-refractivity contribution in [1.29, 1.82) is 0 Å². The molecule has 450 valence electrons. The zero-order valence-corrected chi connectivity index (χ0v) is 45.7. The van der Waals surface area contributed by atoms with E-state index in [2.05, 4.69) is 40.3 Å². The van der Waals surface area contributed by atoms with Crippen molar-refractivity contribution < 1.29 is 123 Å². The highest BCUT2D eigenvalue weighted by Gasteiger charge is 2.76. The molecule has 31 atom stereocenters. The Balaban J connectivity index is 0.894. The van der Waals surface area contributed by atoms with Gasteiger partial charge in [0.25, 0.3) is 0 Å². The van der Waals surface area contributed by atoms with Gasteiger partial charge in [-0.15, -0.1) is 0 Å². The molecule has 1 spiro atoms. The van der Waals surface area contributed by atoms with Crippen molar-refractivity contribution in [3.8, 4) is 0 Å².